The van der Waals surface area contributed by atoms with E-state index < -0.39 is 0 Å². The van der Waals surface area contributed by atoms with Gasteiger partial charge in [0.1, 0.15) is 0 Å². The molecule has 1 aliphatic rings. The summed E-state index contributed by atoms with van der Waals surface area (Å²) in [7, 11) is 0. The predicted molar refractivity (Wildman–Crippen MR) is 41.7 cm³/mol. The standard InChI is InChI=1S/C7H12OS/c1-6(5-8)7-3-2-4-9-7/h7-8H,1-5H2. The maximum atomic E-state index is 8.68. The molecule has 1 saturated heterocycles. The molecule has 0 aliphatic carbocycles. The second kappa shape index (κ2) is 3.28. The molecule has 1 heterocycles. The van der Waals surface area contributed by atoms with Crippen LogP contribution in [0.1, 0.15) is 12.8 Å². The molecule has 0 saturated carbocycles. The number of hydrogen-bond donors (Lipinski definition) is 1. The monoisotopic (exact) mass is 144 g/mol. The summed E-state index contributed by atoms with van der Waals surface area (Å²) < 4.78 is 0. The molecule has 0 aromatic rings. The van der Waals surface area contributed by atoms with E-state index in [0.717, 1.165) is 5.57 Å². The zero-order chi connectivity index (χ0) is 6.69. The third-order valence-corrected chi connectivity index (χ3v) is 3.08. The Morgan fingerprint density at radius 1 is 1.78 bits per heavy atom. The highest BCUT2D eigenvalue weighted by atomic mass is 32.2. The number of aliphatic hydroxyl groups excluding tert-OH is 1. The van der Waals surface area contributed by atoms with E-state index in [1.165, 1.54) is 18.6 Å². The molecule has 0 radical (unpaired) electrons. The predicted octanol–water partition coefficient (Wildman–Crippen LogP) is 1.43. The third kappa shape index (κ3) is 1.73. The minimum absolute atomic E-state index is 0.164. The zero-order valence-corrected chi connectivity index (χ0v) is 6.28. The normalized spacial score (nSPS) is 26.6. The van der Waals surface area contributed by atoms with E-state index in [1.807, 2.05) is 11.8 Å². The molecular weight excluding hydrogens is 132 g/mol. The molecule has 0 aromatic carbocycles. The van der Waals surface area contributed by atoms with Crippen molar-refractivity contribution in [3.8, 4) is 0 Å². The fraction of sp³-hybridized carbons (Fsp3) is 0.714. The zero-order valence-electron chi connectivity index (χ0n) is 5.47. The van der Waals surface area contributed by atoms with Crippen LogP contribution in [-0.4, -0.2) is 22.7 Å². The van der Waals surface area contributed by atoms with Crippen LogP contribution in [0.5, 0.6) is 0 Å². The van der Waals surface area contributed by atoms with Crippen LogP contribution in [0.15, 0.2) is 12.2 Å². The van der Waals surface area contributed by atoms with Crippen molar-refractivity contribution >= 4 is 11.8 Å². The lowest BCUT2D eigenvalue weighted by Crippen LogP contribution is -2.03. The summed E-state index contributed by atoms with van der Waals surface area (Å²) in [5.74, 6) is 1.24. The summed E-state index contributed by atoms with van der Waals surface area (Å²) in [6.45, 7) is 3.95. The van der Waals surface area contributed by atoms with Gasteiger partial charge in [0.25, 0.3) is 0 Å². The Balaban J connectivity index is 2.32. The van der Waals surface area contributed by atoms with Gasteiger partial charge in [0.15, 0.2) is 0 Å². The number of aliphatic hydroxyl groups is 1. The summed E-state index contributed by atoms with van der Waals surface area (Å²) in [5.41, 5.74) is 0.998. The SMILES string of the molecule is C=C(CO)C1CCCS1. The maximum absolute atomic E-state index is 8.68. The first-order valence-electron chi connectivity index (χ1n) is 3.24. The topological polar surface area (TPSA) is 20.2 Å². The molecular formula is C7H12OS. The minimum Gasteiger partial charge on any atom is -0.392 e. The summed E-state index contributed by atoms with van der Waals surface area (Å²) in [4.78, 5) is 0. The highest BCUT2D eigenvalue weighted by Gasteiger charge is 2.17. The van der Waals surface area contributed by atoms with Crippen LogP contribution in [0.3, 0.4) is 0 Å². The Morgan fingerprint density at radius 2 is 2.56 bits per heavy atom. The lowest BCUT2D eigenvalue weighted by molar-refractivity contribution is 0.328. The molecule has 9 heavy (non-hydrogen) atoms. The van der Waals surface area contributed by atoms with Gasteiger partial charge >= 0.3 is 0 Å². The highest BCUT2D eigenvalue weighted by Crippen LogP contribution is 2.30. The van der Waals surface area contributed by atoms with Crippen molar-refractivity contribution in [1.82, 2.24) is 0 Å². The van der Waals surface area contributed by atoms with Crippen molar-refractivity contribution in [2.24, 2.45) is 0 Å². The van der Waals surface area contributed by atoms with Crippen LogP contribution in [0.2, 0.25) is 0 Å². The van der Waals surface area contributed by atoms with Gasteiger partial charge in [-0.05, 0) is 24.2 Å². The lowest BCUT2D eigenvalue weighted by Gasteiger charge is -2.07. The van der Waals surface area contributed by atoms with E-state index in [2.05, 4.69) is 6.58 Å². The third-order valence-electron chi connectivity index (χ3n) is 1.59. The molecule has 1 fully saturated rings. The van der Waals surface area contributed by atoms with Gasteiger partial charge in [-0.3, -0.25) is 0 Å². The molecule has 1 rings (SSSR count). The quantitative estimate of drug-likeness (QED) is 0.592. The Hall–Kier alpha value is 0.0500. The Bertz CT molecular complexity index is 105. The fourth-order valence-corrected chi connectivity index (χ4v) is 2.26. The van der Waals surface area contributed by atoms with Crippen LogP contribution < -0.4 is 0 Å². The molecule has 1 unspecified atom stereocenters. The first kappa shape index (κ1) is 7.16. The highest BCUT2D eigenvalue weighted by molar-refractivity contribution is 8.00. The van der Waals surface area contributed by atoms with Crippen molar-refractivity contribution in [2.45, 2.75) is 18.1 Å². The first-order valence-corrected chi connectivity index (χ1v) is 4.29. The van der Waals surface area contributed by atoms with E-state index >= 15 is 0 Å². The van der Waals surface area contributed by atoms with Crippen LogP contribution in [0, 0.1) is 0 Å². The minimum atomic E-state index is 0.164. The Kier molecular flexibility index (Phi) is 2.61. The van der Waals surface area contributed by atoms with Crippen molar-refractivity contribution in [3.63, 3.8) is 0 Å². The number of thioether (sulfide) groups is 1. The van der Waals surface area contributed by atoms with Gasteiger partial charge in [0.05, 0.1) is 6.61 Å². The molecule has 1 N–H and O–H groups in total. The smallest absolute Gasteiger partial charge is 0.0649 e. The van der Waals surface area contributed by atoms with Crippen molar-refractivity contribution < 1.29 is 5.11 Å². The molecule has 52 valence electrons. The van der Waals surface area contributed by atoms with Crippen molar-refractivity contribution in [1.29, 1.82) is 0 Å². The van der Waals surface area contributed by atoms with Crippen LogP contribution >= 0.6 is 11.8 Å². The summed E-state index contributed by atoms with van der Waals surface area (Å²) in [6, 6.07) is 0. The fourth-order valence-electron chi connectivity index (χ4n) is 1.00. The van der Waals surface area contributed by atoms with E-state index in [-0.39, 0.29) is 6.61 Å². The van der Waals surface area contributed by atoms with Gasteiger partial charge in [-0.2, -0.15) is 11.8 Å². The van der Waals surface area contributed by atoms with Gasteiger partial charge in [0, 0.05) is 5.25 Å². The second-order valence-electron chi connectivity index (χ2n) is 2.32. The van der Waals surface area contributed by atoms with Gasteiger partial charge in [0.2, 0.25) is 0 Å². The molecule has 0 spiro atoms. The summed E-state index contributed by atoms with van der Waals surface area (Å²) in [5, 5.41) is 9.23. The van der Waals surface area contributed by atoms with Gasteiger partial charge in [-0.1, -0.05) is 6.58 Å². The molecule has 0 amide bonds. The van der Waals surface area contributed by atoms with Crippen molar-refractivity contribution in [3.05, 3.63) is 12.2 Å². The molecule has 0 bridgehead atoms. The lowest BCUT2D eigenvalue weighted by atomic mass is 10.1. The summed E-state index contributed by atoms with van der Waals surface area (Å²) >= 11 is 1.92. The Labute approximate surface area is 60.2 Å². The van der Waals surface area contributed by atoms with Crippen LogP contribution in [-0.2, 0) is 0 Å². The largest absolute Gasteiger partial charge is 0.392 e. The van der Waals surface area contributed by atoms with Gasteiger partial charge in [-0.25, -0.2) is 0 Å². The Morgan fingerprint density at radius 3 is 3.00 bits per heavy atom. The number of hydrogen-bond acceptors (Lipinski definition) is 2. The summed E-state index contributed by atoms with van der Waals surface area (Å²) in [6.07, 6.45) is 2.50. The van der Waals surface area contributed by atoms with Crippen LogP contribution in [0.25, 0.3) is 0 Å². The van der Waals surface area contributed by atoms with E-state index in [0.29, 0.717) is 5.25 Å². The number of rotatable bonds is 2. The van der Waals surface area contributed by atoms with Gasteiger partial charge < -0.3 is 5.11 Å². The molecule has 0 aromatic heterocycles. The van der Waals surface area contributed by atoms with Crippen LogP contribution in [0.4, 0.5) is 0 Å². The van der Waals surface area contributed by atoms with E-state index in [4.69, 9.17) is 5.11 Å². The second-order valence-corrected chi connectivity index (χ2v) is 3.63. The van der Waals surface area contributed by atoms with E-state index in [1.54, 1.807) is 0 Å². The average molecular weight is 144 g/mol. The first-order chi connectivity index (χ1) is 4.34. The molecule has 1 nitrogen and oxygen atoms in total. The average Bonchev–Trinajstić information content (AvgIpc) is 2.37. The molecule has 2 heteroatoms. The van der Waals surface area contributed by atoms with Crippen molar-refractivity contribution in [2.75, 3.05) is 12.4 Å². The van der Waals surface area contributed by atoms with E-state index in [9.17, 15) is 0 Å². The van der Waals surface area contributed by atoms with Gasteiger partial charge in [-0.15, -0.1) is 0 Å². The molecule has 1 aliphatic heterocycles. The molecule has 1 atom stereocenters. The maximum Gasteiger partial charge on any atom is 0.0649 e.